The lowest BCUT2D eigenvalue weighted by molar-refractivity contribution is 0.0160. The fourth-order valence-corrected chi connectivity index (χ4v) is 2.32. The molecule has 1 aliphatic carbocycles. The molecule has 3 heteroatoms. The third-order valence-corrected chi connectivity index (χ3v) is 3.34. The molecule has 2 rings (SSSR count). The maximum absolute atomic E-state index is 5.93. The van der Waals surface area contributed by atoms with Gasteiger partial charge in [-0.05, 0) is 18.9 Å². The predicted octanol–water partition coefficient (Wildman–Crippen LogP) is 3.13. The largest absolute Gasteiger partial charge is 0.496 e. The Kier molecular flexibility index (Phi) is 4.26. The smallest absolute Gasteiger partial charge is 0.126 e. The second kappa shape index (κ2) is 5.92. The molecule has 0 aromatic heterocycles. The minimum Gasteiger partial charge on any atom is -0.496 e. The van der Waals surface area contributed by atoms with E-state index in [0.29, 0.717) is 12.7 Å². The second-order valence-corrected chi connectivity index (χ2v) is 4.64. The van der Waals surface area contributed by atoms with Crippen molar-refractivity contribution in [2.45, 2.75) is 44.8 Å². The summed E-state index contributed by atoms with van der Waals surface area (Å²) in [6, 6.07) is 5.72. The van der Waals surface area contributed by atoms with Gasteiger partial charge < -0.3 is 15.2 Å². The SMILES string of the molecule is COc1cc(N)ccc1COC1CCCCC1. The van der Waals surface area contributed by atoms with Crippen LogP contribution >= 0.6 is 0 Å². The molecule has 1 fully saturated rings. The highest BCUT2D eigenvalue weighted by molar-refractivity contribution is 5.48. The Bertz CT molecular complexity index is 359. The Morgan fingerprint density at radius 2 is 2.00 bits per heavy atom. The van der Waals surface area contributed by atoms with Gasteiger partial charge in [-0.25, -0.2) is 0 Å². The van der Waals surface area contributed by atoms with Crippen LogP contribution in [0.5, 0.6) is 5.75 Å². The molecular weight excluding hydrogens is 214 g/mol. The summed E-state index contributed by atoms with van der Waals surface area (Å²) < 4.78 is 11.2. The molecule has 0 saturated heterocycles. The lowest BCUT2D eigenvalue weighted by Crippen LogP contribution is -2.16. The average Bonchev–Trinajstić information content (AvgIpc) is 2.38. The van der Waals surface area contributed by atoms with Crippen molar-refractivity contribution in [1.29, 1.82) is 0 Å². The van der Waals surface area contributed by atoms with Gasteiger partial charge in [0, 0.05) is 17.3 Å². The van der Waals surface area contributed by atoms with Crippen LogP contribution in [0.15, 0.2) is 18.2 Å². The zero-order valence-corrected chi connectivity index (χ0v) is 10.4. The molecule has 2 N–H and O–H groups in total. The fraction of sp³-hybridized carbons (Fsp3) is 0.571. The normalized spacial score (nSPS) is 17.0. The van der Waals surface area contributed by atoms with E-state index in [0.717, 1.165) is 17.0 Å². The third-order valence-electron chi connectivity index (χ3n) is 3.34. The highest BCUT2D eigenvalue weighted by Crippen LogP contribution is 2.25. The number of nitrogens with two attached hydrogens (primary N) is 1. The van der Waals surface area contributed by atoms with Crippen LogP contribution < -0.4 is 10.5 Å². The topological polar surface area (TPSA) is 44.5 Å². The quantitative estimate of drug-likeness (QED) is 0.815. The summed E-state index contributed by atoms with van der Waals surface area (Å²) in [6.45, 7) is 0.619. The van der Waals surface area contributed by atoms with E-state index < -0.39 is 0 Å². The van der Waals surface area contributed by atoms with Crippen molar-refractivity contribution in [3.63, 3.8) is 0 Å². The van der Waals surface area contributed by atoms with Crippen LogP contribution in [-0.2, 0) is 11.3 Å². The Hall–Kier alpha value is -1.22. The zero-order valence-electron chi connectivity index (χ0n) is 10.4. The molecule has 0 bridgehead atoms. The standard InChI is InChI=1S/C14H21NO2/c1-16-14-9-12(15)8-7-11(14)10-17-13-5-3-2-4-6-13/h7-9,13H,2-6,10,15H2,1H3. The van der Waals surface area contributed by atoms with Crippen LogP contribution in [-0.4, -0.2) is 13.2 Å². The van der Waals surface area contributed by atoms with Crippen molar-refractivity contribution >= 4 is 5.69 Å². The van der Waals surface area contributed by atoms with Crippen LogP contribution in [0.25, 0.3) is 0 Å². The van der Waals surface area contributed by atoms with Crippen LogP contribution in [0.4, 0.5) is 5.69 Å². The fourth-order valence-electron chi connectivity index (χ4n) is 2.32. The van der Waals surface area contributed by atoms with Crippen molar-refractivity contribution in [3.8, 4) is 5.75 Å². The minimum atomic E-state index is 0.422. The van der Waals surface area contributed by atoms with Crippen LogP contribution in [0.2, 0.25) is 0 Å². The summed E-state index contributed by atoms with van der Waals surface area (Å²) in [4.78, 5) is 0. The van der Waals surface area contributed by atoms with Gasteiger partial charge in [-0.2, -0.15) is 0 Å². The molecule has 0 amide bonds. The number of hydrogen-bond donors (Lipinski definition) is 1. The molecular formula is C14H21NO2. The number of rotatable bonds is 4. The highest BCUT2D eigenvalue weighted by atomic mass is 16.5. The van der Waals surface area contributed by atoms with Gasteiger partial charge in [0.25, 0.3) is 0 Å². The van der Waals surface area contributed by atoms with Gasteiger partial charge in [-0.3, -0.25) is 0 Å². The lowest BCUT2D eigenvalue weighted by atomic mass is 9.98. The molecule has 0 radical (unpaired) electrons. The zero-order chi connectivity index (χ0) is 12.1. The molecule has 1 aromatic rings. The van der Waals surface area contributed by atoms with E-state index in [2.05, 4.69) is 0 Å². The molecule has 3 nitrogen and oxygen atoms in total. The van der Waals surface area contributed by atoms with Crippen molar-refractivity contribution in [3.05, 3.63) is 23.8 Å². The number of benzene rings is 1. The second-order valence-electron chi connectivity index (χ2n) is 4.64. The number of nitrogen functional groups attached to an aromatic ring is 1. The Labute approximate surface area is 103 Å². The Balaban J connectivity index is 1.93. The molecule has 0 unspecified atom stereocenters. The lowest BCUT2D eigenvalue weighted by Gasteiger charge is -2.22. The molecule has 1 aromatic carbocycles. The molecule has 1 aliphatic rings. The van der Waals surface area contributed by atoms with Gasteiger partial charge in [-0.1, -0.05) is 25.3 Å². The summed E-state index contributed by atoms with van der Waals surface area (Å²) in [7, 11) is 1.67. The van der Waals surface area contributed by atoms with Gasteiger partial charge in [-0.15, -0.1) is 0 Å². The molecule has 0 atom stereocenters. The molecule has 94 valence electrons. The third kappa shape index (κ3) is 3.37. The van der Waals surface area contributed by atoms with Crippen LogP contribution in [0, 0.1) is 0 Å². The first-order valence-corrected chi connectivity index (χ1v) is 6.33. The number of hydrogen-bond acceptors (Lipinski definition) is 3. The highest BCUT2D eigenvalue weighted by Gasteiger charge is 2.14. The van der Waals surface area contributed by atoms with E-state index in [1.807, 2.05) is 18.2 Å². The number of ether oxygens (including phenoxy) is 2. The van der Waals surface area contributed by atoms with Crippen molar-refractivity contribution in [2.75, 3.05) is 12.8 Å². The van der Waals surface area contributed by atoms with E-state index >= 15 is 0 Å². The summed E-state index contributed by atoms with van der Waals surface area (Å²) in [5.74, 6) is 0.820. The van der Waals surface area contributed by atoms with Gasteiger partial charge in [0.15, 0.2) is 0 Å². The van der Waals surface area contributed by atoms with Crippen molar-refractivity contribution < 1.29 is 9.47 Å². The molecule has 0 spiro atoms. The van der Waals surface area contributed by atoms with Crippen LogP contribution in [0.1, 0.15) is 37.7 Å². The van der Waals surface area contributed by atoms with E-state index in [9.17, 15) is 0 Å². The first-order valence-electron chi connectivity index (χ1n) is 6.33. The summed E-state index contributed by atoms with van der Waals surface area (Å²) in [6.07, 6.45) is 6.75. The maximum atomic E-state index is 5.93. The van der Waals surface area contributed by atoms with E-state index in [1.54, 1.807) is 7.11 Å². The van der Waals surface area contributed by atoms with Gasteiger partial charge in [0.2, 0.25) is 0 Å². The molecule has 1 saturated carbocycles. The first kappa shape index (κ1) is 12.2. The summed E-state index contributed by atoms with van der Waals surface area (Å²) >= 11 is 0. The van der Waals surface area contributed by atoms with Gasteiger partial charge in [0.05, 0.1) is 19.8 Å². The molecule has 0 heterocycles. The van der Waals surface area contributed by atoms with E-state index in [-0.39, 0.29) is 0 Å². The van der Waals surface area contributed by atoms with E-state index in [4.69, 9.17) is 15.2 Å². The van der Waals surface area contributed by atoms with Crippen molar-refractivity contribution in [1.82, 2.24) is 0 Å². The first-order chi connectivity index (χ1) is 8.29. The van der Waals surface area contributed by atoms with Crippen LogP contribution in [0.3, 0.4) is 0 Å². The number of methoxy groups -OCH3 is 1. The summed E-state index contributed by atoms with van der Waals surface area (Å²) in [5, 5.41) is 0. The minimum absolute atomic E-state index is 0.422. The monoisotopic (exact) mass is 235 g/mol. The number of anilines is 1. The predicted molar refractivity (Wildman–Crippen MR) is 69.1 cm³/mol. The molecule has 17 heavy (non-hydrogen) atoms. The van der Waals surface area contributed by atoms with Gasteiger partial charge in [0.1, 0.15) is 5.75 Å². The average molecular weight is 235 g/mol. The Morgan fingerprint density at radius 1 is 1.24 bits per heavy atom. The molecule has 0 aliphatic heterocycles. The summed E-state index contributed by atoms with van der Waals surface area (Å²) in [5.41, 5.74) is 7.52. The maximum Gasteiger partial charge on any atom is 0.126 e. The Morgan fingerprint density at radius 3 is 2.71 bits per heavy atom. The van der Waals surface area contributed by atoms with Crippen molar-refractivity contribution in [2.24, 2.45) is 0 Å². The van der Waals surface area contributed by atoms with E-state index in [1.165, 1.54) is 32.1 Å². The van der Waals surface area contributed by atoms with Gasteiger partial charge >= 0.3 is 0 Å².